The Balaban J connectivity index is 4.19. The molecule has 7 heteroatoms. The highest BCUT2D eigenvalue weighted by Crippen LogP contribution is 2.00. The molecule has 0 saturated carbocycles. The highest BCUT2D eigenvalue weighted by atomic mass is 79.9. The van der Waals surface area contributed by atoms with Crippen LogP contribution in [0.5, 0.6) is 0 Å². The first kappa shape index (κ1) is 15.9. The van der Waals surface area contributed by atoms with Crippen LogP contribution in [0.15, 0.2) is 0 Å². The van der Waals surface area contributed by atoms with Gasteiger partial charge >= 0.3 is 11.9 Å². The van der Waals surface area contributed by atoms with Crippen molar-refractivity contribution >= 4 is 33.8 Å². The number of carbonyl (C=O) groups is 3. The number of methoxy groups -OCH3 is 2. The summed E-state index contributed by atoms with van der Waals surface area (Å²) in [6.07, 6.45) is 0.215. The van der Waals surface area contributed by atoms with Crippen LogP contribution in [0.4, 0.5) is 0 Å². The molecule has 6 nitrogen and oxygen atoms in total. The second kappa shape index (κ2) is 8.98. The Hall–Kier alpha value is -1.11. The van der Waals surface area contributed by atoms with E-state index in [1.54, 1.807) is 0 Å². The van der Waals surface area contributed by atoms with Crippen LogP contribution in [0.25, 0.3) is 0 Å². The van der Waals surface area contributed by atoms with Gasteiger partial charge in [-0.25, -0.2) is 0 Å². The van der Waals surface area contributed by atoms with Gasteiger partial charge in [0.25, 0.3) is 0 Å². The summed E-state index contributed by atoms with van der Waals surface area (Å²) in [6, 6.07) is 0. The lowest BCUT2D eigenvalue weighted by molar-refractivity contribution is -0.142. The van der Waals surface area contributed by atoms with E-state index in [9.17, 15) is 14.4 Å². The Kier molecular flexibility index (Phi) is 8.39. The number of amides is 1. The van der Waals surface area contributed by atoms with Gasteiger partial charge in [0.1, 0.15) is 0 Å². The van der Waals surface area contributed by atoms with Crippen LogP contribution in [0.3, 0.4) is 0 Å². The highest BCUT2D eigenvalue weighted by molar-refractivity contribution is 9.09. The minimum absolute atomic E-state index is 0.108. The lowest BCUT2D eigenvalue weighted by Crippen LogP contribution is -2.35. The molecule has 0 saturated heterocycles. The Bertz CT molecular complexity index is 262. The lowest BCUT2D eigenvalue weighted by Gasteiger charge is -2.20. The maximum Gasteiger partial charge on any atom is 0.307 e. The minimum Gasteiger partial charge on any atom is -0.469 e. The average molecular weight is 310 g/mol. The van der Waals surface area contributed by atoms with E-state index in [1.165, 1.54) is 19.1 Å². The molecule has 0 aliphatic rings. The van der Waals surface area contributed by atoms with Crippen molar-refractivity contribution < 1.29 is 23.9 Å². The Morgan fingerprint density at radius 2 is 1.41 bits per heavy atom. The molecular formula is C10H16BrNO5. The summed E-state index contributed by atoms with van der Waals surface area (Å²) in [5.41, 5.74) is 0. The van der Waals surface area contributed by atoms with Crippen LogP contribution in [-0.2, 0) is 23.9 Å². The van der Waals surface area contributed by atoms with E-state index < -0.39 is 11.9 Å². The molecule has 0 aromatic heterocycles. The summed E-state index contributed by atoms with van der Waals surface area (Å²) < 4.78 is 8.96. The molecule has 0 spiro atoms. The zero-order valence-corrected chi connectivity index (χ0v) is 11.5. The third kappa shape index (κ3) is 6.93. The second-order valence-corrected chi connectivity index (χ2v) is 3.73. The summed E-state index contributed by atoms with van der Waals surface area (Å²) in [4.78, 5) is 34.8. The smallest absolute Gasteiger partial charge is 0.307 e. The first-order valence-electron chi connectivity index (χ1n) is 5.02. The van der Waals surface area contributed by atoms with Crippen molar-refractivity contribution in [2.75, 3.05) is 32.6 Å². The summed E-state index contributed by atoms with van der Waals surface area (Å²) in [5.74, 6) is -0.969. The summed E-state index contributed by atoms with van der Waals surface area (Å²) in [6.45, 7) is 0.461. The van der Waals surface area contributed by atoms with Gasteiger partial charge in [-0.2, -0.15) is 0 Å². The molecule has 0 atom stereocenters. The van der Waals surface area contributed by atoms with E-state index in [4.69, 9.17) is 0 Å². The fourth-order valence-electron chi connectivity index (χ4n) is 1.10. The fraction of sp³-hybridized carbons (Fsp3) is 0.700. The van der Waals surface area contributed by atoms with Crippen molar-refractivity contribution in [3.63, 3.8) is 0 Å². The molecule has 0 fully saturated rings. The monoisotopic (exact) mass is 309 g/mol. The van der Waals surface area contributed by atoms with Crippen LogP contribution < -0.4 is 0 Å². The largest absolute Gasteiger partial charge is 0.469 e. The number of ether oxygens (including phenoxy) is 2. The first-order chi connectivity index (χ1) is 8.04. The number of carbonyl (C=O) groups excluding carboxylic acids is 3. The number of esters is 2. The van der Waals surface area contributed by atoms with E-state index in [-0.39, 0.29) is 37.2 Å². The predicted octanol–water partition coefficient (Wildman–Crippen LogP) is 0.336. The molecule has 0 rings (SSSR count). The molecule has 0 radical (unpaired) electrons. The van der Waals surface area contributed by atoms with Crippen LogP contribution in [0, 0.1) is 0 Å². The van der Waals surface area contributed by atoms with Crippen molar-refractivity contribution in [2.45, 2.75) is 12.8 Å². The van der Waals surface area contributed by atoms with Gasteiger partial charge in [-0.05, 0) is 0 Å². The maximum absolute atomic E-state index is 11.5. The van der Waals surface area contributed by atoms with Gasteiger partial charge in [0, 0.05) is 13.1 Å². The van der Waals surface area contributed by atoms with Crippen LogP contribution in [0.1, 0.15) is 12.8 Å². The van der Waals surface area contributed by atoms with Crippen molar-refractivity contribution in [2.24, 2.45) is 0 Å². The van der Waals surface area contributed by atoms with E-state index >= 15 is 0 Å². The van der Waals surface area contributed by atoms with Gasteiger partial charge in [-0.1, -0.05) is 15.9 Å². The quantitative estimate of drug-likeness (QED) is 0.501. The minimum atomic E-state index is -0.393. The van der Waals surface area contributed by atoms with E-state index in [2.05, 4.69) is 25.4 Å². The average Bonchev–Trinajstić information content (AvgIpc) is 2.36. The normalized spacial score (nSPS) is 9.59. The molecule has 17 heavy (non-hydrogen) atoms. The van der Waals surface area contributed by atoms with Gasteiger partial charge < -0.3 is 14.4 Å². The van der Waals surface area contributed by atoms with Crippen molar-refractivity contribution in [3.8, 4) is 0 Å². The van der Waals surface area contributed by atoms with Gasteiger partial charge in [-0.15, -0.1) is 0 Å². The maximum atomic E-state index is 11.5. The number of nitrogens with zero attached hydrogens (tertiary/aromatic N) is 1. The topological polar surface area (TPSA) is 72.9 Å². The molecule has 0 bridgehead atoms. The number of alkyl halides is 1. The van der Waals surface area contributed by atoms with Crippen LogP contribution >= 0.6 is 15.9 Å². The first-order valence-corrected chi connectivity index (χ1v) is 6.14. The second-order valence-electron chi connectivity index (χ2n) is 3.17. The van der Waals surface area contributed by atoms with Crippen molar-refractivity contribution in [3.05, 3.63) is 0 Å². The molecular weight excluding hydrogens is 294 g/mol. The highest BCUT2D eigenvalue weighted by Gasteiger charge is 2.15. The molecule has 0 aliphatic heterocycles. The molecule has 98 valence electrons. The Morgan fingerprint density at radius 3 is 1.71 bits per heavy atom. The zero-order chi connectivity index (χ0) is 13.3. The Labute approximate surface area is 108 Å². The van der Waals surface area contributed by atoms with E-state index in [1.807, 2.05) is 0 Å². The molecule has 0 aromatic carbocycles. The summed E-state index contributed by atoms with van der Waals surface area (Å²) >= 11 is 3.04. The van der Waals surface area contributed by atoms with Crippen molar-refractivity contribution in [1.29, 1.82) is 0 Å². The van der Waals surface area contributed by atoms with Gasteiger partial charge in [0.2, 0.25) is 5.91 Å². The van der Waals surface area contributed by atoms with Gasteiger partial charge in [0.05, 0.1) is 32.4 Å². The molecule has 0 unspecified atom stereocenters. The number of halogens is 1. The zero-order valence-electron chi connectivity index (χ0n) is 9.90. The Morgan fingerprint density at radius 1 is 1.00 bits per heavy atom. The third-order valence-electron chi connectivity index (χ3n) is 2.09. The summed E-state index contributed by atoms with van der Waals surface area (Å²) in [7, 11) is 2.57. The predicted molar refractivity (Wildman–Crippen MR) is 63.6 cm³/mol. The van der Waals surface area contributed by atoms with Crippen LogP contribution in [-0.4, -0.2) is 55.4 Å². The fourth-order valence-corrected chi connectivity index (χ4v) is 1.46. The van der Waals surface area contributed by atoms with Gasteiger partial charge in [0.15, 0.2) is 0 Å². The standard InChI is InChI=1S/C10H16BrNO5/c1-16-9(14)3-5-12(8(13)7-11)6-4-10(15)17-2/h3-7H2,1-2H3. The molecule has 0 aromatic rings. The molecule has 0 heterocycles. The van der Waals surface area contributed by atoms with Crippen LogP contribution in [0.2, 0.25) is 0 Å². The lowest BCUT2D eigenvalue weighted by atomic mass is 10.3. The van der Waals surface area contributed by atoms with E-state index in [0.29, 0.717) is 0 Å². The summed E-state index contributed by atoms with van der Waals surface area (Å²) in [5, 5.41) is 0.148. The van der Waals surface area contributed by atoms with Gasteiger partial charge in [-0.3, -0.25) is 14.4 Å². The van der Waals surface area contributed by atoms with E-state index in [0.717, 1.165) is 0 Å². The number of hydrogen-bond acceptors (Lipinski definition) is 5. The molecule has 0 N–H and O–H groups in total. The third-order valence-corrected chi connectivity index (χ3v) is 2.57. The number of rotatable bonds is 7. The van der Waals surface area contributed by atoms with Crippen molar-refractivity contribution in [1.82, 2.24) is 4.90 Å². The molecule has 1 amide bonds. The molecule has 0 aliphatic carbocycles. The SMILES string of the molecule is COC(=O)CCN(CCC(=O)OC)C(=O)CBr. The number of hydrogen-bond donors (Lipinski definition) is 0.